The molecule has 0 fully saturated rings. The van der Waals surface area contributed by atoms with E-state index in [4.69, 9.17) is 4.42 Å². The summed E-state index contributed by atoms with van der Waals surface area (Å²) in [6.07, 6.45) is 0. The monoisotopic (exact) mass is 665 g/mol. The van der Waals surface area contributed by atoms with Crippen LogP contribution in [-0.2, 0) is 0 Å². The van der Waals surface area contributed by atoms with Gasteiger partial charge in [-0.3, -0.25) is 0 Å². The van der Waals surface area contributed by atoms with E-state index < -0.39 is 0 Å². The summed E-state index contributed by atoms with van der Waals surface area (Å²) in [5.74, 6) is 0. The van der Waals surface area contributed by atoms with E-state index in [0.29, 0.717) is 11.0 Å². The van der Waals surface area contributed by atoms with Crippen molar-refractivity contribution in [2.24, 2.45) is 0 Å². The predicted molar refractivity (Wildman–Crippen MR) is 216 cm³/mol. The van der Waals surface area contributed by atoms with Gasteiger partial charge < -0.3 is 8.98 Å². The van der Waals surface area contributed by atoms with Crippen molar-refractivity contribution in [1.29, 1.82) is 0 Å². The number of aromatic nitrogens is 1. The van der Waals surface area contributed by atoms with Crippen LogP contribution in [0, 0.1) is 0 Å². The lowest BCUT2D eigenvalue weighted by Crippen LogP contribution is -2.01. The molecule has 244 valence electrons. The van der Waals surface area contributed by atoms with Crippen LogP contribution in [0.2, 0.25) is 0 Å². The summed E-state index contributed by atoms with van der Waals surface area (Å²) < 4.78 is 8.72. The zero-order chi connectivity index (χ0) is 34.6. The van der Waals surface area contributed by atoms with Gasteiger partial charge in [-0.2, -0.15) is 0 Å². The standard InChI is InChI=1S/C49H31NO2/c51-49-41-24-14-13-23-40(41)47-46-42-26-25-36(32-15-5-1-6-16-32)30-44(42)50(45(46)31-43(48(47)52-49)35-21-11-4-12-22-35)39-28-37(33-17-7-2-8-18-33)27-38(29-39)34-19-9-3-10-20-34/h1-31H. The minimum absolute atomic E-state index is 0.335. The van der Waals surface area contributed by atoms with Crippen LogP contribution in [0.3, 0.4) is 0 Å². The molecule has 8 aromatic carbocycles. The Bertz CT molecular complexity index is 2940. The van der Waals surface area contributed by atoms with E-state index in [1.54, 1.807) is 0 Å². The van der Waals surface area contributed by atoms with Crippen LogP contribution < -0.4 is 5.63 Å². The molecule has 0 aliphatic carbocycles. The van der Waals surface area contributed by atoms with Gasteiger partial charge in [0.2, 0.25) is 0 Å². The molecule has 0 atom stereocenters. The third-order valence-electron chi connectivity index (χ3n) is 10.2. The maximum absolute atomic E-state index is 13.6. The summed E-state index contributed by atoms with van der Waals surface area (Å²) in [4.78, 5) is 13.6. The van der Waals surface area contributed by atoms with Gasteiger partial charge in [0.15, 0.2) is 0 Å². The summed E-state index contributed by atoms with van der Waals surface area (Å²) >= 11 is 0. The molecule has 52 heavy (non-hydrogen) atoms. The van der Waals surface area contributed by atoms with Gasteiger partial charge in [0, 0.05) is 32.8 Å². The lowest BCUT2D eigenvalue weighted by atomic mass is 9.95. The van der Waals surface area contributed by atoms with Crippen LogP contribution in [0.15, 0.2) is 197 Å². The van der Waals surface area contributed by atoms with Gasteiger partial charge in [0.25, 0.3) is 0 Å². The van der Waals surface area contributed by atoms with Crippen molar-refractivity contribution < 1.29 is 4.42 Å². The number of hydrogen-bond acceptors (Lipinski definition) is 2. The molecule has 2 aromatic heterocycles. The molecule has 3 nitrogen and oxygen atoms in total. The molecule has 0 bridgehead atoms. The fourth-order valence-electron chi connectivity index (χ4n) is 7.80. The quantitative estimate of drug-likeness (QED) is 0.135. The molecule has 0 saturated carbocycles. The molecule has 0 unspecified atom stereocenters. The van der Waals surface area contributed by atoms with E-state index in [0.717, 1.165) is 82.8 Å². The minimum atomic E-state index is -0.335. The highest BCUT2D eigenvalue weighted by Crippen LogP contribution is 2.45. The third kappa shape index (κ3) is 4.86. The highest BCUT2D eigenvalue weighted by Gasteiger charge is 2.23. The highest BCUT2D eigenvalue weighted by molar-refractivity contribution is 6.29. The zero-order valence-electron chi connectivity index (χ0n) is 28.2. The van der Waals surface area contributed by atoms with Crippen molar-refractivity contribution in [3.05, 3.63) is 198 Å². The van der Waals surface area contributed by atoms with Crippen molar-refractivity contribution in [2.45, 2.75) is 0 Å². The number of nitrogens with zero attached hydrogens (tertiary/aromatic N) is 1. The second kappa shape index (κ2) is 12.1. The van der Waals surface area contributed by atoms with Crippen LogP contribution in [0.5, 0.6) is 0 Å². The Labute approximate surface area is 300 Å². The van der Waals surface area contributed by atoms with E-state index in [9.17, 15) is 4.79 Å². The Kier molecular flexibility index (Phi) is 6.97. The van der Waals surface area contributed by atoms with Crippen LogP contribution in [-0.4, -0.2) is 4.57 Å². The summed E-state index contributed by atoms with van der Waals surface area (Å²) in [6, 6.07) is 65.6. The normalized spacial score (nSPS) is 11.5. The Hall–Kier alpha value is -6.97. The minimum Gasteiger partial charge on any atom is -0.422 e. The average molecular weight is 666 g/mol. The fourth-order valence-corrected chi connectivity index (χ4v) is 7.80. The number of hydrogen-bond donors (Lipinski definition) is 0. The first kappa shape index (κ1) is 29.9. The SMILES string of the molecule is O=c1oc2c(-c3ccccc3)cc3c(c4ccc(-c5ccccc5)cc4n3-c3cc(-c4ccccc4)cc(-c4ccccc4)c3)c2c2ccccc12. The number of fused-ring (bicyclic) bond motifs is 7. The van der Waals surface area contributed by atoms with Crippen molar-refractivity contribution >= 4 is 43.5 Å². The largest absolute Gasteiger partial charge is 0.422 e. The van der Waals surface area contributed by atoms with E-state index in [-0.39, 0.29) is 5.63 Å². The fraction of sp³-hybridized carbons (Fsp3) is 0. The van der Waals surface area contributed by atoms with Gasteiger partial charge in [0.05, 0.1) is 16.4 Å². The molecule has 3 heteroatoms. The zero-order valence-corrected chi connectivity index (χ0v) is 28.2. The Balaban J connectivity index is 1.42. The molecular weight excluding hydrogens is 635 g/mol. The van der Waals surface area contributed by atoms with Gasteiger partial charge in [-0.1, -0.05) is 152 Å². The molecule has 10 aromatic rings. The molecule has 0 saturated heterocycles. The predicted octanol–water partition coefficient (Wildman–Crippen LogP) is 12.7. The van der Waals surface area contributed by atoms with Gasteiger partial charge in [-0.25, -0.2) is 4.79 Å². The lowest BCUT2D eigenvalue weighted by Gasteiger charge is -2.15. The first-order chi connectivity index (χ1) is 25.7. The van der Waals surface area contributed by atoms with Crippen molar-refractivity contribution in [2.75, 3.05) is 0 Å². The molecule has 0 radical (unpaired) electrons. The second-order valence-corrected chi connectivity index (χ2v) is 13.3. The van der Waals surface area contributed by atoms with Crippen LogP contribution in [0.25, 0.3) is 93.7 Å². The highest BCUT2D eigenvalue weighted by atomic mass is 16.4. The average Bonchev–Trinajstić information content (AvgIpc) is 3.55. The van der Waals surface area contributed by atoms with E-state index in [1.165, 1.54) is 0 Å². The third-order valence-corrected chi connectivity index (χ3v) is 10.2. The molecule has 10 rings (SSSR count). The van der Waals surface area contributed by atoms with E-state index >= 15 is 0 Å². The molecule has 0 spiro atoms. The van der Waals surface area contributed by atoms with Crippen molar-refractivity contribution in [1.82, 2.24) is 4.57 Å². The van der Waals surface area contributed by atoms with Crippen LogP contribution >= 0.6 is 0 Å². The van der Waals surface area contributed by atoms with Gasteiger partial charge in [0.1, 0.15) is 5.58 Å². The second-order valence-electron chi connectivity index (χ2n) is 13.3. The van der Waals surface area contributed by atoms with Crippen molar-refractivity contribution in [3.63, 3.8) is 0 Å². The molecule has 0 aliphatic rings. The van der Waals surface area contributed by atoms with E-state index in [2.05, 4.69) is 150 Å². The lowest BCUT2D eigenvalue weighted by molar-refractivity contribution is 0.571. The Morgan fingerprint density at radius 1 is 0.365 bits per heavy atom. The smallest absolute Gasteiger partial charge is 0.344 e. The Morgan fingerprint density at radius 2 is 0.885 bits per heavy atom. The molecule has 0 amide bonds. The summed E-state index contributed by atoms with van der Waals surface area (Å²) in [7, 11) is 0. The molecule has 0 aliphatic heterocycles. The summed E-state index contributed by atoms with van der Waals surface area (Å²) in [5, 5.41) is 4.53. The summed E-state index contributed by atoms with van der Waals surface area (Å²) in [6.45, 7) is 0. The van der Waals surface area contributed by atoms with Gasteiger partial charge in [-0.05, 0) is 75.3 Å². The maximum atomic E-state index is 13.6. The molecule has 2 heterocycles. The molecular formula is C49H31NO2. The van der Waals surface area contributed by atoms with Crippen LogP contribution in [0.1, 0.15) is 0 Å². The molecule has 0 N–H and O–H groups in total. The maximum Gasteiger partial charge on any atom is 0.344 e. The number of rotatable bonds is 5. The first-order valence-electron chi connectivity index (χ1n) is 17.6. The first-order valence-corrected chi connectivity index (χ1v) is 17.6. The van der Waals surface area contributed by atoms with Gasteiger partial charge in [-0.15, -0.1) is 0 Å². The topological polar surface area (TPSA) is 35.1 Å². The van der Waals surface area contributed by atoms with E-state index in [1.807, 2.05) is 42.5 Å². The van der Waals surface area contributed by atoms with Crippen LogP contribution in [0.4, 0.5) is 0 Å². The van der Waals surface area contributed by atoms with Crippen molar-refractivity contribution in [3.8, 4) is 50.2 Å². The Morgan fingerprint density at radius 3 is 1.48 bits per heavy atom. The van der Waals surface area contributed by atoms with Gasteiger partial charge >= 0.3 is 5.63 Å². The number of benzene rings is 8. The summed E-state index contributed by atoms with van der Waals surface area (Å²) in [5.41, 5.74) is 12.1.